The van der Waals surface area contributed by atoms with Crippen LogP contribution in [0.2, 0.25) is 10.0 Å². The molecule has 1 atom stereocenters. The SMILES string of the molecule is CCC[C@H](C)NC(=O)c1cc(NS(=O)(=O)c2ccc(Cl)cc2)ccc1Cl. The smallest absolute Gasteiger partial charge is 0.261 e. The Bertz CT molecular complexity index is 884. The summed E-state index contributed by atoms with van der Waals surface area (Å²) in [5.41, 5.74) is 0.462. The second kappa shape index (κ2) is 8.75. The van der Waals surface area contributed by atoms with Crippen LogP contribution in [0.15, 0.2) is 47.4 Å². The summed E-state index contributed by atoms with van der Waals surface area (Å²) in [6.07, 6.45) is 1.78. The maximum absolute atomic E-state index is 12.5. The standard InChI is InChI=1S/C18H20Cl2N2O3S/c1-3-4-12(2)21-18(23)16-11-14(7-10-17(16)20)22-26(24,25)15-8-5-13(19)6-9-15/h5-12,22H,3-4H2,1-2H3,(H,21,23)/t12-/m0/s1. The van der Waals surface area contributed by atoms with E-state index >= 15 is 0 Å². The largest absolute Gasteiger partial charge is 0.350 e. The summed E-state index contributed by atoms with van der Waals surface area (Å²) in [7, 11) is -3.80. The van der Waals surface area contributed by atoms with E-state index < -0.39 is 10.0 Å². The van der Waals surface area contributed by atoms with E-state index in [9.17, 15) is 13.2 Å². The van der Waals surface area contributed by atoms with Crippen LogP contribution in [-0.2, 0) is 10.0 Å². The van der Waals surface area contributed by atoms with Gasteiger partial charge in [-0.05, 0) is 55.8 Å². The fourth-order valence-corrected chi connectivity index (χ4v) is 3.78. The van der Waals surface area contributed by atoms with Crippen LogP contribution in [0.1, 0.15) is 37.0 Å². The number of carbonyl (C=O) groups is 1. The van der Waals surface area contributed by atoms with Gasteiger partial charge in [-0.15, -0.1) is 0 Å². The van der Waals surface area contributed by atoms with Crippen molar-refractivity contribution in [1.29, 1.82) is 0 Å². The Morgan fingerprint density at radius 2 is 1.77 bits per heavy atom. The van der Waals surface area contributed by atoms with Crippen LogP contribution in [0.4, 0.5) is 5.69 Å². The lowest BCUT2D eigenvalue weighted by atomic mass is 10.1. The summed E-state index contributed by atoms with van der Waals surface area (Å²) in [6.45, 7) is 3.93. The minimum absolute atomic E-state index is 0.00187. The highest BCUT2D eigenvalue weighted by atomic mass is 35.5. The highest BCUT2D eigenvalue weighted by Crippen LogP contribution is 2.24. The van der Waals surface area contributed by atoms with Crippen LogP contribution in [0.3, 0.4) is 0 Å². The number of rotatable bonds is 7. The van der Waals surface area contributed by atoms with Gasteiger partial charge in [-0.2, -0.15) is 0 Å². The molecule has 140 valence electrons. The van der Waals surface area contributed by atoms with Gasteiger partial charge in [0.15, 0.2) is 0 Å². The van der Waals surface area contributed by atoms with Gasteiger partial charge in [-0.3, -0.25) is 9.52 Å². The molecule has 0 aromatic heterocycles. The third-order valence-corrected chi connectivity index (χ3v) is 5.67. The number of anilines is 1. The van der Waals surface area contributed by atoms with Crippen molar-refractivity contribution in [1.82, 2.24) is 5.32 Å². The lowest BCUT2D eigenvalue weighted by Crippen LogP contribution is -2.32. The first kappa shape index (κ1) is 20.6. The first-order valence-corrected chi connectivity index (χ1v) is 10.4. The van der Waals surface area contributed by atoms with Crippen LogP contribution in [0, 0.1) is 0 Å². The fraction of sp³-hybridized carbons (Fsp3) is 0.278. The minimum Gasteiger partial charge on any atom is -0.350 e. The zero-order valence-electron chi connectivity index (χ0n) is 14.4. The van der Waals surface area contributed by atoms with E-state index in [1.54, 1.807) is 0 Å². The minimum atomic E-state index is -3.80. The Hall–Kier alpha value is -1.76. The quantitative estimate of drug-likeness (QED) is 0.688. The van der Waals surface area contributed by atoms with Crippen molar-refractivity contribution >= 4 is 44.8 Å². The summed E-state index contributed by atoms with van der Waals surface area (Å²) in [4.78, 5) is 12.5. The lowest BCUT2D eigenvalue weighted by molar-refractivity contribution is 0.0938. The van der Waals surface area contributed by atoms with Gasteiger partial charge >= 0.3 is 0 Å². The number of benzene rings is 2. The molecule has 26 heavy (non-hydrogen) atoms. The maximum Gasteiger partial charge on any atom is 0.261 e. The molecule has 0 radical (unpaired) electrons. The van der Waals surface area contributed by atoms with Crippen molar-refractivity contribution in [3.8, 4) is 0 Å². The van der Waals surface area contributed by atoms with Crippen molar-refractivity contribution in [3.63, 3.8) is 0 Å². The van der Waals surface area contributed by atoms with Gasteiger partial charge in [0.1, 0.15) is 0 Å². The molecule has 0 saturated heterocycles. The van der Waals surface area contributed by atoms with Gasteiger partial charge < -0.3 is 5.32 Å². The maximum atomic E-state index is 12.5. The average molecular weight is 415 g/mol. The number of sulfonamides is 1. The summed E-state index contributed by atoms with van der Waals surface area (Å²) in [5.74, 6) is -0.344. The Kier molecular flexibility index (Phi) is 6.92. The van der Waals surface area contributed by atoms with Gasteiger partial charge in [-0.1, -0.05) is 36.5 Å². The molecule has 2 rings (SSSR count). The zero-order chi connectivity index (χ0) is 19.3. The molecule has 0 aliphatic carbocycles. The third kappa shape index (κ3) is 5.37. The summed E-state index contributed by atoms with van der Waals surface area (Å²) in [5, 5.41) is 3.54. The Morgan fingerprint density at radius 3 is 2.38 bits per heavy atom. The first-order chi connectivity index (χ1) is 12.2. The van der Waals surface area contributed by atoms with E-state index in [-0.39, 0.29) is 33.1 Å². The van der Waals surface area contributed by atoms with E-state index in [1.807, 2.05) is 13.8 Å². The molecular formula is C18H20Cl2N2O3S. The van der Waals surface area contributed by atoms with Crippen LogP contribution in [0.25, 0.3) is 0 Å². The predicted octanol–water partition coefficient (Wildman–Crippen LogP) is 4.71. The molecule has 2 aromatic carbocycles. The molecule has 5 nitrogen and oxygen atoms in total. The van der Waals surface area contributed by atoms with Gasteiger partial charge in [0.25, 0.3) is 15.9 Å². The monoisotopic (exact) mass is 414 g/mol. The molecular weight excluding hydrogens is 395 g/mol. The van der Waals surface area contributed by atoms with E-state index in [1.165, 1.54) is 42.5 Å². The second-order valence-corrected chi connectivity index (χ2v) is 8.44. The lowest BCUT2D eigenvalue weighted by Gasteiger charge is -2.15. The third-order valence-electron chi connectivity index (χ3n) is 3.69. The summed E-state index contributed by atoms with van der Waals surface area (Å²) < 4.78 is 27.4. The average Bonchev–Trinajstić information content (AvgIpc) is 2.57. The molecule has 1 amide bonds. The number of nitrogens with one attached hydrogen (secondary N) is 2. The molecule has 8 heteroatoms. The molecule has 0 aliphatic rings. The molecule has 2 aromatic rings. The van der Waals surface area contributed by atoms with Gasteiger partial charge in [0.2, 0.25) is 0 Å². The van der Waals surface area contributed by atoms with Crippen molar-refractivity contribution in [2.45, 2.75) is 37.6 Å². The van der Waals surface area contributed by atoms with Crippen LogP contribution < -0.4 is 10.0 Å². The van der Waals surface area contributed by atoms with Gasteiger partial charge in [0.05, 0.1) is 15.5 Å². The van der Waals surface area contributed by atoms with Crippen molar-refractivity contribution in [2.24, 2.45) is 0 Å². The molecule has 0 unspecified atom stereocenters. The van der Waals surface area contributed by atoms with Crippen LogP contribution in [0.5, 0.6) is 0 Å². The number of hydrogen-bond donors (Lipinski definition) is 2. The van der Waals surface area contributed by atoms with Crippen molar-refractivity contribution in [3.05, 3.63) is 58.1 Å². The number of halogens is 2. The summed E-state index contributed by atoms with van der Waals surface area (Å²) in [6, 6.07) is 10.2. The molecule has 0 fully saturated rings. The van der Waals surface area contributed by atoms with E-state index in [2.05, 4.69) is 10.0 Å². The van der Waals surface area contributed by atoms with Gasteiger partial charge in [0, 0.05) is 16.8 Å². The molecule has 0 aliphatic heterocycles. The second-order valence-electron chi connectivity index (χ2n) is 5.92. The number of carbonyl (C=O) groups excluding carboxylic acids is 1. The zero-order valence-corrected chi connectivity index (χ0v) is 16.8. The van der Waals surface area contributed by atoms with Crippen LogP contribution >= 0.6 is 23.2 Å². The van der Waals surface area contributed by atoms with Crippen molar-refractivity contribution < 1.29 is 13.2 Å². The highest BCUT2D eigenvalue weighted by Gasteiger charge is 2.17. The Balaban J connectivity index is 2.23. The highest BCUT2D eigenvalue weighted by molar-refractivity contribution is 7.92. The molecule has 0 saturated carbocycles. The van der Waals surface area contributed by atoms with E-state index in [0.29, 0.717) is 5.02 Å². The van der Waals surface area contributed by atoms with Crippen molar-refractivity contribution in [2.75, 3.05) is 4.72 Å². The van der Waals surface area contributed by atoms with Crippen LogP contribution in [-0.4, -0.2) is 20.4 Å². The Labute approximate surface area is 163 Å². The summed E-state index contributed by atoms with van der Waals surface area (Å²) >= 11 is 11.9. The predicted molar refractivity (Wildman–Crippen MR) is 106 cm³/mol. The molecule has 2 N–H and O–H groups in total. The van der Waals surface area contributed by atoms with Gasteiger partial charge in [-0.25, -0.2) is 8.42 Å². The first-order valence-electron chi connectivity index (χ1n) is 8.11. The normalized spacial score (nSPS) is 12.5. The molecule has 0 heterocycles. The molecule has 0 spiro atoms. The number of amides is 1. The van der Waals surface area contributed by atoms with E-state index in [4.69, 9.17) is 23.2 Å². The Morgan fingerprint density at radius 1 is 1.12 bits per heavy atom. The van der Waals surface area contributed by atoms with E-state index in [0.717, 1.165) is 12.8 Å². The topological polar surface area (TPSA) is 75.3 Å². The fourth-order valence-electron chi connectivity index (χ4n) is 2.40. The number of hydrogen-bond acceptors (Lipinski definition) is 3. The molecule has 0 bridgehead atoms.